The van der Waals surface area contributed by atoms with E-state index < -0.39 is 11.7 Å². The molecule has 2 heterocycles. The first-order valence-corrected chi connectivity index (χ1v) is 5.74. The zero-order valence-corrected chi connectivity index (χ0v) is 10.1. The molecule has 4 nitrogen and oxygen atoms in total. The number of aryl methyl sites for hydroxylation is 2. The predicted molar refractivity (Wildman–Crippen MR) is 63.7 cm³/mol. The molecule has 17 heavy (non-hydrogen) atoms. The van der Waals surface area contributed by atoms with E-state index >= 15 is 0 Å². The number of nitrogens with one attached hydrogen (secondary N) is 1. The van der Waals surface area contributed by atoms with Crippen LogP contribution in [0.2, 0.25) is 0 Å². The average molecular weight is 251 g/mol. The lowest BCUT2D eigenvalue weighted by Crippen LogP contribution is -2.15. The summed E-state index contributed by atoms with van der Waals surface area (Å²) in [5, 5.41) is 3.96. The lowest BCUT2D eigenvalue weighted by molar-refractivity contribution is 0.101. The van der Waals surface area contributed by atoms with E-state index in [-0.39, 0.29) is 5.69 Å². The number of hydrogen-bond acceptors (Lipinski definition) is 4. The van der Waals surface area contributed by atoms with E-state index in [1.807, 2.05) is 6.92 Å². The van der Waals surface area contributed by atoms with Crippen LogP contribution < -0.4 is 5.32 Å². The van der Waals surface area contributed by atoms with Crippen LogP contribution in [0.3, 0.4) is 0 Å². The molecule has 2 rings (SSSR count). The quantitative estimate of drug-likeness (QED) is 0.892. The summed E-state index contributed by atoms with van der Waals surface area (Å²) >= 11 is 1.33. The monoisotopic (exact) mass is 251 g/mol. The number of halogens is 1. The molecule has 0 aromatic carbocycles. The molecule has 88 valence electrons. The highest BCUT2D eigenvalue weighted by Gasteiger charge is 2.14. The first-order chi connectivity index (χ1) is 8.06. The van der Waals surface area contributed by atoms with E-state index in [1.165, 1.54) is 29.8 Å². The summed E-state index contributed by atoms with van der Waals surface area (Å²) in [5.41, 5.74) is 0.467. The normalized spacial score (nSPS) is 10.3. The number of carbonyl (C=O) groups is 1. The Morgan fingerprint density at radius 3 is 2.71 bits per heavy atom. The van der Waals surface area contributed by atoms with Gasteiger partial charge < -0.3 is 5.32 Å². The highest BCUT2D eigenvalue weighted by molar-refractivity contribution is 7.15. The number of amides is 1. The fraction of sp³-hybridized carbons (Fsp3) is 0.182. The van der Waals surface area contributed by atoms with Crippen molar-refractivity contribution in [1.82, 2.24) is 9.97 Å². The summed E-state index contributed by atoms with van der Waals surface area (Å²) < 4.78 is 13.5. The van der Waals surface area contributed by atoms with Crippen molar-refractivity contribution in [3.05, 3.63) is 40.5 Å². The van der Waals surface area contributed by atoms with E-state index in [0.717, 1.165) is 5.01 Å². The van der Waals surface area contributed by atoms with E-state index in [0.29, 0.717) is 10.6 Å². The first-order valence-electron chi connectivity index (χ1n) is 4.92. The molecule has 6 heteroatoms. The Morgan fingerprint density at radius 1 is 1.35 bits per heavy atom. The maximum absolute atomic E-state index is 13.5. The molecule has 1 N–H and O–H groups in total. The number of pyridine rings is 1. The van der Waals surface area contributed by atoms with Gasteiger partial charge in [-0.05, 0) is 25.5 Å². The summed E-state index contributed by atoms with van der Waals surface area (Å²) in [6.07, 6.45) is 2.99. The molecule has 2 aromatic rings. The van der Waals surface area contributed by atoms with Gasteiger partial charge in [-0.25, -0.2) is 14.4 Å². The molecule has 0 atom stereocenters. The number of rotatable bonds is 2. The van der Waals surface area contributed by atoms with Crippen molar-refractivity contribution in [3.8, 4) is 0 Å². The van der Waals surface area contributed by atoms with Crippen LogP contribution in [0.25, 0.3) is 0 Å². The summed E-state index contributed by atoms with van der Waals surface area (Å²) in [6.45, 7) is 3.54. The fourth-order valence-electron chi connectivity index (χ4n) is 1.29. The molecule has 0 spiro atoms. The Labute approximate surface area is 102 Å². The molecule has 0 aliphatic carbocycles. The summed E-state index contributed by atoms with van der Waals surface area (Å²) in [5.74, 6) is -1.19. The van der Waals surface area contributed by atoms with Crippen LogP contribution in [-0.4, -0.2) is 15.9 Å². The third kappa shape index (κ3) is 2.65. The minimum absolute atomic E-state index is 0.207. The zero-order valence-electron chi connectivity index (χ0n) is 9.32. The Bertz CT molecular complexity index is 568. The highest BCUT2D eigenvalue weighted by Crippen LogP contribution is 2.18. The summed E-state index contributed by atoms with van der Waals surface area (Å²) in [6, 6.07) is 1.28. The van der Waals surface area contributed by atoms with Gasteiger partial charge in [0.1, 0.15) is 5.00 Å². The van der Waals surface area contributed by atoms with Gasteiger partial charge in [-0.2, -0.15) is 0 Å². The molecule has 2 aromatic heterocycles. The van der Waals surface area contributed by atoms with Crippen molar-refractivity contribution < 1.29 is 9.18 Å². The first kappa shape index (κ1) is 11.7. The van der Waals surface area contributed by atoms with Crippen LogP contribution in [0, 0.1) is 19.7 Å². The van der Waals surface area contributed by atoms with E-state index in [4.69, 9.17) is 0 Å². The van der Waals surface area contributed by atoms with Crippen molar-refractivity contribution >= 4 is 22.2 Å². The van der Waals surface area contributed by atoms with Gasteiger partial charge in [0.2, 0.25) is 0 Å². The van der Waals surface area contributed by atoms with Crippen LogP contribution in [0.4, 0.5) is 9.39 Å². The number of thiazole rings is 1. The molecule has 0 saturated carbocycles. The van der Waals surface area contributed by atoms with Gasteiger partial charge in [0, 0.05) is 6.20 Å². The van der Waals surface area contributed by atoms with Gasteiger partial charge in [-0.3, -0.25) is 4.79 Å². The van der Waals surface area contributed by atoms with Crippen LogP contribution in [0.1, 0.15) is 21.1 Å². The summed E-state index contributed by atoms with van der Waals surface area (Å²) in [4.78, 5) is 19.5. The molecular weight excluding hydrogens is 241 g/mol. The predicted octanol–water partition coefficient (Wildman–Crippen LogP) is 2.55. The van der Waals surface area contributed by atoms with Crippen LogP contribution in [-0.2, 0) is 0 Å². The van der Waals surface area contributed by atoms with Crippen molar-refractivity contribution in [2.75, 3.05) is 5.32 Å². The molecule has 0 aliphatic heterocycles. The molecule has 0 bridgehead atoms. The molecule has 0 fully saturated rings. The molecule has 0 unspecified atom stereocenters. The second-order valence-corrected chi connectivity index (χ2v) is 4.78. The number of nitrogens with zero attached hydrogens (tertiary/aromatic N) is 2. The van der Waals surface area contributed by atoms with E-state index in [1.54, 1.807) is 6.92 Å². The van der Waals surface area contributed by atoms with Gasteiger partial charge in [-0.15, -0.1) is 11.3 Å². The van der Waals surface area contributed by atoms with Crippen LogP contribution >= 0.6 is 11.3 Å². The van der Waals surface area contributed by atoms with Crippen molar-refractivity contribution in [1.29, 1.82) is 0 Å². The fourth-order valence-corrected chi connectivity index (χ4v) is 1.96. The smallest absolute Gasteiger partial charge is 0.277 e. The minimum Gasteiger partial charge on any atom is -0.311 e. The lowest BCUT2D eigenvalue weighted by Gasteiger charge is -2.02. The third-order valence-corrected chi connectivity index (χ3v) is 2.88. The topological polar surface area (TPSA) is 54.9 Å². The molecule has 0 radical (unpaired) electrons. The zero-order chi connectivity index (χ0) is 12.4. The van der Waals surface area contributed by atoms with Gasteiger partial charge in [-0.1, -0.05) is 0 Å². The van der Waals surface area contributed by atoms with Crippen LogP contribution in [0.15, 0.2) is 18.5 Å². The second-order valence-electron chi connectivity index (χ2n) is 3.54. The number of anilines is 1. The SMILES string of the molecule is Cc1cnc(C(=O)Nc2cnc(C)s2)c(F)c1. The van der Waals surface area contributed by atoms with Crippen molar-refractivity contribution in [3.63, 3.8) is 0 Å². The highest BCUT2D eigenvalue weighted by atomic mass is 32.1. The number of aromatic nitrogens is 2. The number of hydrogen-bond donors (Lipinski definition) is 1. The van der Waals surface area contributed by atoms with Crippen LogP contribution in [0.5, 0.6) is 0 Å². The Hall–Kier alpha value is -1.82. The standard InChI is InChI=1S/C11H10FN3OS/c1-6-3-8(12)10(14-4-6)11(16)15-9-5-13-7(2)17-9/h3-5H,1-2H3,(H,15,16). The summed E-state index contributed by atoms with van der Waals surface area (Å²) in [7, 11) is 0. The van der Waals surface area contributed by atoms with Gasteiger partial charge in [0.15, 0.2) is 11.5 Å². The largest absolute Gasteiger partial charge is 0.311 e. The van der Waals surface area contributed by atoms with Gasteiger partial charge >= 0.3 is 0 Å². The van der Waals surface area contributed by atoms with Crippen molar-refractivity contribution in [2.45, 2.75) is 13.8 Å². The molecule has 1 amide bonds. The van der Waals surface area contributed by atoms with Gasteiger partial charge in [0.25, 0.3) is 5.91 Å². The van der Waals surface area contributed by atoms with E-state index in [2.05, 4.69) is 15.3 Å². The Morgan fingerprint density at radius 2 is 2.12 bits per heavy atom. The Kier molecular flexibility index (Phi) is 3.14. The maximum atomic E-state index is 13.5. The molecular formula is C11H10FN3OS. The average Bonchev–Trinajstić information content (AvgIpc) is 2.63. The molecule has 0 saturated heterocycles. The third-order valence-electron chi connectivity index (χ3n) is 2.05. The van der Waals surface area contributed by atoms with E-state index in [9.17, 15) is 9.18 Å². The number of carbonyl (C=O) groups excluding carboxylic acids is 1. The lowest BCUT2D eigenvalue weighted by atomic mass is 10.2. The van der Waals surface area contributed by atoms with Crippen molar-refractivity contribution in [2.24, 2.45) is 0 Å². The maximum Gasteiger partial charge on any atom is 0.277 e. The molecule has 0 aliphatic rings. The minimum atomic E-state index is -0.622. The van der Waals surface area contributed by atoms with Gasteiger partial charge in [0.05, 0.1) is 11.2 Å². The second kappa shape index (κ2) is 4.58. The Balaban J connectivity index is 2.20.